The second-order valence-electron chi connectivity index (χ2n) is 4.89. The molecule has 116 valence electrons. The quantitative estimate of drug-likeness (QED) is 0.412. The summed E-state index contributed by atoms with van der Waals surface area (Å²) in [5.74, 6) is -0.716. The molecule has 23 heavy (non-hydrogen) atoms. The third-order valence-electron chi connectivity index (χ3n) is 3.25. The van der Waals surface area contributed by atoms with Crippen LogP contribution in [-0.2, 0) is 11.3 Å². The van der Waals surface area contributed by atoms with Crippen molar-refractivity contribution in [2.24, 2.45) is 0 Å². The topological polar surface area (TPSA) is 82.3 Å². The number of nitro benzene ring substituents is 1. The molecule has 6 nitrogen and oxygen atoms in total. The molecule has 0 fully saturated rings. The first-order valence-corrected chi connectivity index (χ1v) is 7.63. The zero-order valence-corrected chi connectivity index (χ0v) is 13.0. The largest absolute Gasteiger partial charge is 0.457 e. The number of hydrogen-bond donors (Lipinski definition) is 0. The Morgan fingerprint density at radius 1 is 1.30 bits per heavy atom. The third kappa shape index (κ3) is 3.19. The molecule has 0 aliphatic heterocycles. The van der Waals surface area contributed by atoms with E-state index >= 15 is 0 Å². The van der Waals surface area contributed by atoms with Crippen LogP contribution >= 0.6 is 11.3 Å². The normalized spacial score (nSPS) is 10.7. The van der Waals surface area contributed by atoms with Gasteiger partial charge in [-0.05, 0) is 30.7 Å². The maximum Gasteiger partial charge on any atom is 0.345 e. The Labute approximate surface area is 135 Å². The second-order valence-corrected chi connectivity index (χ2v) is 6.12. The molecular weight excluding hydrogens is 316 g/mol. The van der Waals surface area contributed by atoms with E-state index in [0.29, 0.717) is 0 Å². The van der Waals surface area contributed by atoms with E-state index in [2.05, 4.69) is 4.98 Å². The lowest BCUT2D eigenvalue weighted by Crippen LogP contribution is -2.08. The van der Waals surface area contributed by atoms with Crippen LogP contribution in [0.3, 0.4) is 0 Å². The van der Waals surface area contributed by atoms with Crippen LogP contribution in [0.2, 0.25) is 0 Å². The number of carbonyl (C=O) groups excluding carboxylic acids is 1. The highest BCUT2D eigenvalue weighted by Crippen LogP contribution is 2.23. The van der Waals surface area contributed by atoms with Gasteiger partial charge in [0.05, 0.1) is 20.1 Å². The van der Waals surface area contributed by atoms with Crippen molar-refractivity contribution in [3.05, 3.63) is 68.7 Å². The van der Waals surface area contributed by atoms with Crippen molar-refractivity contribution in [2.75, 3.05) is 0 Å². The van der Waals surface area contributed by atoms with Gasteiger partial charge in [-0.15, -0.1) is 11.3 Å². The molecule has 0 atom stereocenters. The van der Waals surface area contributed by atoms with E-state index < -0.39 is 10.9 Å². The average molecular weight is 328 g/mol. The van der Waals surface area contributed by atoms with Gasteiger partial charge in [-0.2, -0.15) is 0 Å². The van der Waals surface area contributed by atoms with Crippen molar-refractivity contribution >= 4 is 33.2 Å². The van der Waals surface area contributed by atoms with Gasteiger partial charge >= 0.3 is 5.97 Å². The number of esters is 1. The van der Waals surface area contributed by atoms with Crippen molar-refractivity contribution in [1.82, 2.24) is 4.98 Å². The number of ether oxygens (including phenoxy) is 1. The molecule has 1 aromatic heterocycles. The number of thiazole rings is 1. The van der Waals surface area contributed by atoms with E-state index in [0.717, 1.165) is 20.8 Å². The van der Waals surface area contributed by atoms with Crippen LogP contribution in [-0.4, -0.2) is 15.9 Å². The van der Waals surface area contributed by atoms with E-state index in [1.807, 2.05) is 25.1 Å². The van der Waals surface area contributed by atoms with Crippen LogP contribution in [0, 0.1) is 17.0 Å². The lowest BCUT2D eigenvalue weighted by molar-refractivity contribution is -0.385. The van der Waals surface area contributed by atoms with Crippen molar-refractivity contribution < 1.29 is 14.5 Å². The van der Waals surface area contributed by atoms with Gasteiger partial charge in [-0.3, -0.25) is 10.1 Å². The van der Waals surface area contributed by atoms with E-state index in [1.54, 1.807) is 17.4 Å². The molecule has 2 aromatic carbocycles. The average Bonchev–Trinajstić information content (AvgIpc) is 2.91. The Balaban J connectivity index is 1.76. The van der Waals surface area contributed by atoms with E-state index in [4.69, 9.17) is 4.74 Å². The molecule has 0 unspecified atom stereocenters. The maximum absolute atomic E-state index is 12.1. The molecule has 1 heterocycles. The molecule has 0 saturated carbocycles. The number of fused-ring (bicyclic) bond motifs is 1. The van der Waals surface area contributed by atoms with Gasteiger partial charge < -0.3 is 4.74 Å². The Kier molecular flexibility index (Phi) is 4.03. The number of nitrogens with zero attached hydrogens (tertiary/aromatic N) is 2. The molecule has 0 bridgehead atoms. The number of carbonyl (C=O) groups is 1. The Morgan fingerprint density at radius 3 is 2.87 bits per heavy atom. The fraction of sp³-hybridized carbons (Fsp3) is 0.125. The summed E-state index contributed by atoms with van der Waals surface area (Å²) in [6.07, 6.45) is 0. The fourth-order valence-corrected chi connectivity index (χ4v) is 3.02. The number of benzene rings is 2. The van der Waals surface area contributed by atoms with Crippen LogP contribution in [0.25, 0.3) is 10.2 Å². The fourth-order valence-electron chi connectivity index (χ4n) is 2.21. The first-order chi connectivity index (χ1) is 11.0. The standard InChI is InChI=1S/C16H12N2O4S/c1-10-17-13-8-11(6-7-15(13)23-10)9-22-16(19)12-4-2-3-5-14(12)18(20)21/h2-8H,9H2,1H3. The van der Waals surface area contributed by atoms with Crippen molar-refractivity contribution in [1.29, 1.82) is 0 Å². The summed E-state index contributed by atoms with van der Waals surface area (Å²) in [4.78, 5) is 26.8. The molecule has 3 aromatic rings. The summed E-state index contributed by atoms with van der Waals surface area (Å²) in [5, 5.41) is 11.9. The highest BCUT2D eigenvalue weighted by Gasteiger charge is 2.20. The number of aromatic nitrogens is 1. The van der Waals surface area contributed by atoms with Crippen LogP contribution in [0.15, 0.2) is 42.5 Å². The van der Waals surface area contributed by atoms with Crippen LogP contribution in [0.1, 0.15) is 20.9 Å². The van der Waals surface area contributed by atoms with E-state index in [9.17, 15) is 14.9 Å². The molecule has 0 N–H and O–H groups in total. The molecule has 0 radical (unpaired) electrons. The first-order valence-electron chi connectivity index (χ1n) is 6.81. The Morgan fingerprint density at radius 2 is 2.09 bits per heavy atom. The second kappa shape index (κ2) is 6.13. The summed E-state index contributed by atoms with van der Waals surface area (Å²) in [6.45, 7) is 1.97. The molecular formula is C16H12N2O4S. The zero-order valence-electron chi connectivity index (χ0n) is 12.2. The zero-order chi connectivity index (χ0) is 16.4. The lowest BCUT2D eigenvalue weighted by Gasteiger charge is -2.05. The number of nitro groups is 1. The molecule has 0 amide bonds. The molecule has 7 heteroatoms. The first kappa shape index (κ1) is 15.1. The Hall–Kier alpha value is -2.80. The van der Waals surface area contributed by atoms with Crippen molar-refractivity contribution in [3.63, 3.8) is 0 Å². The van der Waals surface area contributed by atoms with Gasteiger partial charge in [0.2, 0.25) is 0 Å². The minimum absolute atomic E-state index is 0.0391. The molecule has 0 spiro atoms. The van der Waals surface area contributed by atoms with Gasteiger partial charge in [0, 0.05) is 6.07 Å². The number of para-hydroxylation sites is 1. The minimum atomic E-state index is -0.716. The van der Waals surface area contributed by atoms with Crippen molar-refractivity contribution in [3.8, 4) is 0 Å². The predicted octanol–water partition coefficient (Wildman–Crippen LogP) is 3.87. The van der Waals surface area contributed by atoms with Gasteiger partial charge in [-0.25, -0.2) is 9.78 Å². The molecule has 0 aliphatic rings. The Bertz CT molecular complexity index is 904. The highest BCUT2D eigenvalue weighted by molar-refractivity contribution is 7.18. The minimum Gasteiger partial charge on any atom is -0.457 e. The summed E-state index contributed by atoms with van der Waals surface area (Å²) in [6, 6.07) is 11.4. The smallest absolute Gasteiger partial charge is 0.345 e. The van der Waals surface area contributed by atoms with E-state index in [-0.39, 0.29) is 17.9 Å². The molecule has 0 saturated heterocycles. The highest BCUT2D eigenvalue weighted by atomic mass is 32.1. The van der Waals surface area contributed by atoms with Crippen molar-refractivity contribution in [2.45, 2.75) is 13.5 Å². The number of aryl methyl sites for hydroxylation is 1. The molecule has 3 rings (SSSR count). The van der Waals surface area contributed by atoms with Gasteiger partial charge in [-0.1, -0.05) is 18.2 Å². The van der Waals surface area contributed by atoms with Crippen LogP contribution in [0.4, 0.5) is 5.69 Å². The predicted molar refractivity (Wildman–Crippen MR) is 86.6 cm³/mol. The van der Waals surface area contributed by atoms with Gasteiger partial charge in [0.1, 0.15) is 12.2 Å². The maximum atomic E-state index is 12.1. The summed E-state index contributed by atoms with van der Waals surface area (Å²) < 4.78 is 6.26. The lowest BCUT2D eigenvalue weighted by atomic mass is 10.2. The van der Waals surface area contributed by atoms with Gasteiger partial charge in [0.15, 0.2) is 0 Å². The summed E-state index contributed by atoms with van der Waals surface area (Å²) in [7, 11) is 0. The van der Waals surface area contributed by atoms with Crippen LogP contribution in [0.5, 0.6) is 0 Å². The van der Waals surface area contributed by atoms with E-state index in [1.165, 1.54) is 18.2 Å². The third-order valence-corrected chi connectivity index (χ3v) is 4.20. The SMILES string of the molecule is Cc1nc2cc(COC(=O)c3ccccc3[N+](=O)[O-])ccc2s1. The summed E-state index contributed by atoms with van der Waals surface area (Å²) in [5.41, 5.74) is 1.33. The van der Waals surface area contributed by atoms with Crippen LogP contribution < -0.4 is 0 Å². The summed E-state index contributed by atoms with van der Waals surface area (Å²) >= 11 is 1.59. The monoisotopic (exact) mass is 328 g/mol. The number of hydrogen-bond acceptors (Lipinski definition) is 6. The van der Waals surface area contributed by atoms with Gasteiger partial charge in [0.25, 0.3) is 5.69 Å². The molecule has 0 aliphatic carbocycles. The number of rotatable bonds is 4.